The molecule has 4 amide bonds. The highest BCUT2D eigenvalue weighted by molar-refractivity contribution is 6.09. The van der Waals surface area contributed by atoms with E-state index in [4.69, 9.17) is 0 Å². The van der Waals surface area contributed by atoms with Crippen LogP contribution in [0.25, 0.3) is 0 Å². The second-order valence-electron chi connectivity index (χ2n) is 7.90. The van der Waals surface area contributed by atoms with Gasteiger partial charge in [0.25, 0.3) is 5.91 Å². The summed E-state index contributed by atoms with van der Waals surface area (Å²) in [5, 5.41) is 10.8. The monoisotopic (exact) mass is 388 g/mol. The Morgan fingerprint density at radius 3 is 2.43 bits per heavy atom. The normalized spacial score (nSPS) is 19.1. The van der Waals surface area contributed by atoms with E-state index in [1.54, 1.807) is 4.90 Å². The van der Waals surface area contributed by atoms with Gasteiger partial charge in [-0.3, -0.25) is 14.5 Å². The number of piperidine rings is 1. The first-order valence-corrected chi connectivity index (χ1v) is 9.68. The minimum Gasteiger partial charge on any atom is -0.358 e. The summed E-state index contributed by atoms with van der Waals surface area (Å²) in [6.45, 7) is 7.36. The summed E-state index contributed by atoms with van der Waals surface area (Å²) in [5.41, 5.74) is -0.0361. The van der Waals surface area contributed by atoms with Gasteiger partial charge in [-0.05, 0) is 37.8 Å². The number of aryl methyl sites for hydroxylation is 1. The largest absolute Gasteiger partial charge is 0.358 e. The molecular formula is C19H28N6O3. The number of nitrogens with zero attached hydrogens (tertiary/aromatic N) is 5. The van der Waals surface area contributed by atoms with Crippen molar-refractivity contribution in [3.05, 3.63) is 17.8 Å². The van der Waals surface area contributed by atoms with Crippen LogP contribution in [-0.2, 0) is 9.59 Å². The molecule has 0 aromatic carbocycles. The van der Waals surface area contributed by atoms with E-state index in [-0.39, 0.29) is 30.3 Å². The van der Waals surface area contributed by atoms with Crippen LogP contribution in [0.3, 0.4) is 0 Å². The maximum absolute atomic E-state index is 13.3. The van der Waals surface area contributed by atoms with E-state index in [0.29, 0.717) is 32.5 Å². The Morgan fingerprint density at radius 2 is 1.89 bits per heavy atom. The number of carbonyl (C=O) groups excluding carboxylic acids is 3. The summed E-state index contributed by atoms with van der Waals surface area (Å²) in [6.07, 6.45) is 1.01. The van der Waals surface area contributed by atoms with Crippen LogP contribution in [0, 0.1) is 12.8 Å². The minimum absolute atomic E-state index is 0.217. The first-order valence-electron chi connectivity index (χ1n) is 9.68. The molecular weight excluding hydrogens is 360 g/mol. The fourth-order valence-electron chi connectivity index (χ4n) is 3.91. The van der Waals surface area contributed by atoms with E-state index in [1.165, 1.54) is 7.05 Å². The number of amides is 4. The summed E-state index contributed by atoms with van der Waals surface area (Å²) in [4.78, 5) is 42.9. The Labute approximate surface area is 165 Å². The molecule has 0 unspecified atom stereocenters. The topological polar surface area (TPSA) is 98.7 Å². The van der Waals surface area contributed by atoms with Gasteiger partial charge in [0.15, 0.2) is 5.82 Å². The molecule has 0 radical (unpaired) electrons. The summed E-state index contributed by atoms with van der Waals surface area (Å²) in [6, 6.07) is 3.46. The van der Waals surface area contributed by atoms with Crippen molar-refractivity contribution in [3.63, 3.8) is 0 Å². The SMILES string of the molecule is CNC(=O)CN1C(=O)N(CC(C)C)C2(CCN(c3ccc(C)nn3)CC2)C1=O. The molecule has 0 bridgehead atoms. The molecule has 1 spiro atoms. The number of hydrogen-bond acceptors (Lipinski definition) is 6. The molecule has 3 heterocycles. The zero-order chi connectivity index (χ0) is 20.5. The second-order valence-corrected chi connectivity index (χ2v) is 7.90. The van der Waals surface area contributed by atoms with Crippen LogP contribution in [0.2, 0.25) is 0 Å². The standard InChI is InChI=1S/C19H28N6O3/c1-13(2)11-25-18(28)24(12-16(26)20-4)17(27)19(25)7-9-23(10-8-19)15-6-5-14(3)21-22-15/h5-6,13H,7-12H2,1-4H3,(H,20,26). The van der Waals surface area contributed by atoms with Gasteiger partial charge >= 0.3 is 6.03 Å². The van der Waals surface area contributed by atoms with Gasteiger partial charge in [-0.2, -0.15) is 5.10 Å². The summed E-state index contributed by atoms with van der Waals surface area (Å²) < 4.78 is 0. The predicted molar refractivity (Wildman–Crippen MR) is 104 cm³/mol. The molecule has 2 fully saturated rings. The van der Waals surface area contributed by atoms with Crippen LogP contribution >= 0.6 is 0 Å². The van der Waals surface area contributed by atoms with Crippen molar-refractivity contribution < 1.29 is 14.4 Å². The number of rotatable bonds is 5. The lowest BCUT2D eigenvalue weighted by molar-refractivity contribution is -0.137. The van der Waals surface area contributed by atoms with E-state index in [2.05, 4.69) is 20.4 Å². The minimum atomic E-state index is -0.885. The van der Waals surface area contributed by atoms with Crippen molar-refractivity contribution in [2.45, 2.75) is 39.2 Å². The molecule has 28 heavy (non-hydrogen) atoms. The Balaban J connectivity index is 1.83. The van der Waals surface area contributed by atoms with Crippen molar-refractivity contribution in [2.24, 2.45) is 5.92 Å². The van der Waals surface area contributed by atoms with Crippen molar-refractivity contribution in [2.75, 3.05) is 38.1 Å². The zero-order valence-electron chi connectivity index (χ0n) is 16.9. The molecule has 1 N–H and O–H groups in total. The summed E-state index contributed by atoms with van der Waals surface area (Å²) in [7, 11) is 1.50. The highest BCUT2D eigenvalue weighted by atomic mass is 16.2. The van der Waals surface area contributed by atoms with Gasteiger partial charge in [-0.1, -0.05) is 13.8 Å². The Bertz CT molecular complexity index is 755. The maximum atomic E-state index is 13.3. The number of urea groups is 1. The third kappa shape index (κ3) is 3.53. The quantitative estimate of drug-likeness (QED) is 0.749. The predicted octanol–water partition coefficient (Wildman–Crippen LogP) is 0.790. The fraction of sp³-hybridized carbons (Fsp3) is 0.632. The van der Waals surface area contributed by atoms with E-state index < -0.39 is 5.54 Å². The number of likely N-dealkylation sites (N-methyl/N-ethyl adjacent to an activating group) is 1. The maximum Gasteiger partial charge on any atom is 0.328 e. The number of hydrogen-bond donors (Lipinski definition) is 1. The smallest absolute Gasteiger partial charge is 0.328 e. The van der Waals surface area contributed by atoms with Crippen LogP contribution in [0.4, 0.5) is 10.6 Å². The third-order valence-corrected chi connectivity index (χ3v) is 5.45. The fourth-order valence-corrected chi connectivity index (χ4v) is 3.91. The molecule has 0 atom stereocenters. The number of imide groups is 1. The Morgan fingerprint density at radius 1 is 1.21 bits per heavy atom. The Hall–Kier alpha value is -2.71. The van der Waals surface area contributed by atoms with Crippen molar-refractivity contribution in [3.8, 4) is 0 Å². The van der Waals surface area contributed by atoms with Gasteiger partial charge < -0.3 is 15.1 Å². The van der Waals surface area contributed by atoms with Crippen molar-refractivity contribution in [1.82, 2.24) is 25.3 Å². The third-order valence-electron chi connectivity index (χ3n) is 5.45. The van der Waals surface area contributed by atoms with Crippen LogP contribution in [-0.4, -0.2) is 76.6 Å². The average Bonchev–Trinajstić information content (AvgIpc) is 2.85. The molecule has 9 nitrogen and oxygen atoms in total. The van der Waals surface area contributed by atoms with Crippen LogP contribution < -0.4 is 10.2 Å². The van der Waals surface area contributed by atoms with E-state index in [1.807, 2.05) is 32.9 Å². The lowest BCUT2D eigenvalue weighted by Gasteiger charge is -2.43. The van der Waals surface area contributed by atoms with Gasteiger partial charge in [0.2, 0.25) is 5.91 Å². The number of carbonyl (C=O) groups is 3. The molecule has 3 rings (SSSR count). The molecule has 2 aliphatic heterocycles. The average molecular weight is 388 g/mol. The zero-order valence-corrected chi connectivity index (χ0v) is 16.9. The van der Waals surface area contributed by atoms with E-state index >= 15 is 0 Å². The number of aromatic nitrogens is 2. The van der Waals surface area contributed by atoms with Gasteiger partial charge in [0.1, 0.15) is 12.1 Å². The van der Waals surface area contributed by atoms with Crippen LogP contribution in [0.1, 0.15) is 32.4 Å². The van der Waals surface area contributed by atoms with Gasteiger partial charge in [-0.15, -0.1) is 5.10 Å². The Kier molecular flexibility index (Phi) is 5.53. The molecule has 2 saturated heterocycles. The molecule has 0 aliphatic carbocycles. The van der Waals surface area contributed by atoms with Crippen molar-refractivity contribution >= 4 is 23.7 Å². The molecule has 1 aromatic heterocycles. The van der Waals surface area contributed by atoms with Gasteiger partial charge in [0, 0.05) is 26.7 Å². The lowest BCUT2D eigenvalue weighted by atomic mass is 9.85. The first-order chi connectivity index (χ1) is 13.3. The van der Waals surface area contributed by atoms with Crippen molar-refractivity contribution in [1.29, 1.82) is 0 Å². The molecule has 152 valence electrons. The number of nitrogens with one attached hydrogen (secondary N) is 1. The van der Waals surface area contributed by atoms with E-state index in [0.717, 1.165) is 16.4 Å². The number of anilines is 1. The molecule has 2 aliphatic rings. The molecule has 1 aromatic rings. The highest BCUT2D eigenvalue weighted by Gasteiger charge is 2.58. The lowest BCUT2D eigenvalue weighted by Crippen LogP contribution is -2.57. The highest BCUT2D eigenvalue weighted by Crippen LogP contribution is 2.38. The van der Waals surface area contributed by atoms with E-state index in [9.17, 15) is 14.4 Å². The molecule has 9 heteroatoms. The summed E-state index contributed by atoms with van der Waals surface area (Å²) in [5.74, 6) is 0.372. The molecule has 0 saturated carbocycles. The summed E-state index contributed by atoms with van der Waals surface area (Å²) >= 11 is 0. The van der Waals surface area contributed by atoms with Crippen LogP contribution in [0.5, 0.6) is 0 Å². The second kappa shape index (κ2) is 7.73. The van der Waals surface area contributed by atoms with Gasteiger partial charge in [0.05, 0.1) is 5.69 Å². The van der Waals surface area contributed by atoms with Crippen LogP contribution in [0.15, 0.2) is 12.1 Å². The first kappa shape index (κ1) is 20.0. The van der Waals surface area contributed by atoms with Gasteiger partial charge in [-0.25, -0.2) is 4.79 Å².